The Kier molecular flexibility index (Phi) is 4.19. The van der Waals surface area contributed by atoms with Crippen molar-refractivity contribution in [2.45, 2.75) is 13.3 Å². The normalized spacial score (nSPS) is 11.8. The van der Waals surface area contributed by atoms with E-state index in [4.69, 9.17) is 5.73 Å². The lowest BCUT2D eigenvalue weighted by Gasteiger charge is -2.00. The molecule has 2 heteroatoms. The van der Waals surface area contributed by atoms with Crippen molar-refractivity contribution >= 4 is 22.0 Å². The quantitative estimate of drug-likeness (QED) is 0.862. The van der Waals surface area contributed by atoms with Gasteiger partial charge in [0.25, 0.3) is 0 Å². The molecule has 0 aliphatic heterocycles. The molecule has 0 saturated heterocycles. The highest BCUT2D eigenvalue weighted by atomic mass is 79.9. The minimum atomic E-state index is 0.645. The first-order chi connectivity index (χ1) is 6.26. The molecule has 0 spiro atoms. The molecule has 1 rings (SSSR count). The maximum atomic E-state index is 5.58. The molecule has 0 amide bonds. The summed E-state index contributed by atoms with van der Waals surface area (Å²) in [6.07, 6.45) is 3.17. The lowest BCUT2D eigenvalue weighted by atomic mass is 10.1. The van der Waals surface area contributed by atoms with Gasteiger partial charge in [0.15, 0.2) is 0 Å². The molecule has 1 nitrogen and oxygen atoms in total. The highest BCUT2D eigenvalue weighted by molar-refractivity contribution is 9.10. The van der Waals surface area contributed by atoms with E-state index in [-0.39, 0.29) is 0 Å². The van der Waals surface area contributed by atoms with Crippen LogP contribution in [-0.2, 0) is 0 Å². The topological polar surface area (TPSA) is 26.0 Å². The Morgan fingerprint density at radius 2 is 2.00 bits per heavy atom. The lowest BCUT2D eigenvalue weighted by Crippen LogP contribution is -2.01. The summed E-state index contributed by atoms with van der Waals surface area (Å²) in [4.78, 5) is 0. The Morgan fingerprint density at radius 1 is 1.38 bits per heavy atom. The van der Waals surface area contributed by atoms with Crippen LogP contribution < -0.4 is 5.73 Å². The van der Waals surface area contributed by atoms with Gasteiger partial charge in [-0.15, -0.1) is 0 Å². The van der Waals surface area contributed by atoms with Gasteiger partial charge >= 0.3 is 0 Å². The lowest BCUT2D eigenvalue weighted by molar-refractivity contribution is 1.02. The van der Waals surface area contributed by atoms with Crippen LogP contribution in [0.3, 0.4) is 0 Å². The summed E-state index contributed by atoms with van der Waals surface area (Å²) < 4.78 is 1.11. The molecule has 0 aromatic heterocycles. The van der Waals surface area contributed by atoms with Crippen LogP contribution in [0.4, 0.5) is 0 Å². The predicted octanol–water partition coefficient (Wildman–Crippen LogP) is 3.20. The van der Waals surface area contributed by atoms with Crippen LogP contribution in [0, 0.1) is 0 Å². The first-order valence-corrected chi connectivity index (χ1v) is 5.20. The number of nitrogens with two attached hydrogens (primary N) is 1. The fraction of sp³-hybridized carbons (Fsp3) is 0.273. The van der Waals surface area contributed by atoms with E-state index < -0.39 is 0 Å². The van der Waals surface area contributed by atoms with Crippen LogP contribution in [0.2, 0.25) is 0 Å². The number of halogens is 1. The summed E-state index contributed by atoms with van der Waals surface area (Å²) >= 11 is 3.40. The van der Waals surface area contributed by atoms with Crippen molar-refractivity contribution in [3.63, 3.8) is 0 Å². The zero-order chi connectivity index (χ0) is 9.68. The minimum Gasteiger partial charge on any atom is -0.327 e. The van der Waals surface area contributed by atoms with Gasteiger partial charge in [-0.2, -0.15) is 0 Å². The van der Waals surface area contributed by atoms with E-state index in [9.17, 15) is 0 Å². The van der Waals surface area contributed by atoms with Gasteiger partial charge in [-0.3, -0.25) is 0 Å². The van der Waals surface area contributed by atoms with Gasteiger partial charge in [-0.25, -0.2) is 0 Å². The zero-order valence-corrected chi connectivity index (χ0v) is 9.34. The van der Waals surface area contributed by atoms with Gasteiger partial charge in [0.1, 0.15) is 0 Å². The number of hydrogen-bond donors (Lipinski definition) is 1. The van der Waals surface area contributed by atoms with Crippen molar-refractivity contribution < 1.29 is 0 Å². The minimum absolute atomic E-state index is 0.645. The molecule has 0 heterocycles. The first-order valence-electron chi connectivity index (χ1n) is 4.41. The Labute approximate surface area is 87.8 Å². The fourth-order valence-electron chi connectivity index (χ4n) is 1.10. The molecule has 70 valence electrons. The van der Waals surface area contributed by atoms with E-state index in [0.29, 0.717) is 6.54 Å². The Bertz CT molecular complexity index is 281. The molecule has 0 unspecified atom stereocenters. The average Bonchev–Trinajstić information content (AvgIpc) is 2.17. The maximum Gasteiger partial charge on any atom is 0.0175 e. The summed E-state index contributed by atoms with van der Waals surface area (Å²) in [6.45, 7) is 2.77. The Balaban J connectivity index is 2.84. The van der Waals surface area contributed by atoms with E-state index in [2.05, 4.69) is 41.1 Å². The van der Waals surface area contributed by atoms with E-state index in [0.717, 1.165) is 10.9 Å². The molecule has 1 aromatic rings. The average molecular weight is 240 g/mol. The monoisotopic (exact) mass is 239 g/mol. The standard InChI is InChI=1S/C11H14BrN/c1-2-9(8-13)7-10-3-5-11(12)6-4-10/h3-7H,2,8,13H2,1H3/b9-7-. The molecular weight excluding hydrogens is 226 g/mol. The molecule has 0 aliphatic rings. The summed E-state index contributed by atoms with van der Waals surface area (Å²) in [5.41, 5.74) is 8.08. The number of benzene rings is 1. The zero-order valence-electron chi connectivity index (χ0n) is 7.76. The first kappa shape index (κ1) is 10.5. The van der Waals surface area contributed by atoms with E-state index in [1.807, 2.05) is 12.1 Å². The highest BCUT2D eigenvalue weighted by Gasteiger charge is 1.92. The summed E-state index contributed by atoms with van der Waals surface area (Å²) in [5.74, 6) is 0. The molecule has 0 radical (unpaired) electrons. The van der Waals surface area contributed by atoms with Crippen LogP contribution in [0.5, 0.6) is 0 Å². The SMILES string of the molecule is CC/C(=C/c1ccc(Br)cc1)CN. The van der Waals surface area contributed by atoms with Crippen molar-refractivity contribution in [3.05, 3.63) is 39.9 Å². The predicted molar refractivity (Wildman–Crippen MR) is 61.5 cm³/mol. The fourth-order valence-corrected chi connectivity index (χ4v) is 1.36. The third-order valence-electron chi connectivity index (χ3n) is 1.96. The third kappa shape index (κ3) is 3.33. The van der Waals surface area contributed by atoms with Crippen molar-refractivity contribution in [1.82, 2.24) is 0 Å². The van der Waals surface area contributed by atoms with Crippen molar-refractivity contribution in [2.24, 2.45) is 5.73 Å². The second kappa shape index (κ2) is 5.20. The van der Waals surface area contributed by atoms with E-state index >= 15 is 0 Å². The molecule has 2 N–H and O–H groups in total. The third-order valence-corrected chi connectivity index (χ3v) is 2.49. The van der Waals surface area contributed by atoms with Crippen LogP contribution in [0.15, 0.2) is 34.3 Å². The summed E-state index contributed by atoms with van der Waals surface area (Å²) in [7, 11) is 0. The Morgan fingerprint density at radius 3 is 2.46 bits per heavy atom. The van der Waals surface area contributed by atoms with Crippen molar-refractivity contribution in [2.75, 3.05) is 6.54 Å². The maximum absolute atomic E-state index is 5.58. The highest BCUT2D eigenvalue weighted by Crippen LogP contribution is 2.13. The largest absolute Gasteiger partial charge is 0.327 e. The van der Waals surface area contributed by atoms with Gasteiger partial charge in [-0.05, 0) is 24.1 Å². The Hall–Kier alpha value is -0.600. The summed E-state index contributed by atoms with van der Waals surface area (Å²) in [6, 6.07) is 8.23. The van der Waals surface area contributed by atoms with Crippen molar-refractivity contribution in [1.29, 1.82) is 0 Å². The van der Waals surface area contributed by atoms with Gasteiger partial charge in [0, 0.05) is 11.0 Å². The van der Waals surface area contributed by atoms with E-state index in [1.165, 1.54) is 11.1 Å². The van der Waals surface area contributed by atoms with Gasteiger partial charge in [-0.1, -0.05) is 46.6 Å². The molecule has 0 bridgehead atoms. The van der Waals surface area contributed by atoms with Gasteiger partial charge in [0.2, 0.25) is 0 Å². The van der Waals surface area contributed by atoms with E-state index in [1.54, 1.807) is 0 Å². The van der Waals surface area contributed by atoms with Crippen molar-refractivity contribution in [3.8, 4) is 0 Å². The summed E-state index contributed by atoms with van der Waals surface area (Å²) in [5, 5.41) is 0. The number of rotatable bonds is 3. The van der Waals surface area contributed by atoms with Crippen LogP contribution in [0.1, 0.15) is 18.9 Å². The van der Waals surface area contributed by atoms with Crippen LogP contribution >= 0.6 is 15.9 Å². The molecular formula is C11H14BrN. The molecule has 13 heavy (non-hydrogen) atoms. The molecule has 0 aliphatic carbocycles. The molecule has 0 fully saturated rings. The second-order valence-electron chi connectivity index (χ2n) is 2.91. The number of hydrogen-bond acceptors (Lipinski definition) is 1. The van der Waals surface area contributed by atoms with Gasteiger partial charge in [0.05, 0.1) is 0 Å². The molecule has 0 saturated carbocycles. The van der Waals surface area contributed by atoms with Gasteiger partial charge < -0.3 is 5.73 Å². The smallest absolute Gasteiger partial charge is 0.0175 e. The second-order valence-corrected chi connectivity index (χ2v) is 3.83. The molecule has 0 atom stereocenters. The van der Waals surface area contributed by atoms with Crippen LogP contribution in [0.25, 0.3) is 6.08 Å². The molecule has 1 aromatic carbocycles. The van der Waals surface area contributed by atoms with Crippen LogP contribution in [-0.4, -0.2) is 6.54 Å².